The van der Waals surface area contributed by atoms with Crippen LogP contribution in [0.3, 0.4) is 0 Å². The van der Waals surface area contributed by atoms with Gasteiger partial charge >= 0.3 is 17.9 Å². The SMILES string of the molecule is C=C1C(O)CCC2(C)CCC(C(C)(C)OC3OCC(OC(C)=O)C(OC(C)=O)C3OC(C)=O)CC12. The van der Waals surface area contributed by atoms with E-state index in [-0.39, 0.29) is 23.9 Å². The molecule has 1 N–H and O–H groups in total. The first kappa shape index (κ1) is 27.6. The number of aliphatic hydroxyl groups excluding tert-OH is 1. The second-order valence-corrected chi connectivity index (χ2v) is 11.0. The number of hydrogen-bond donors (Lipinski definition) is 1. The zero-order chi connectivity index (χ0) is 26.1. The van der Waals surface area contributed by atoms with Crippen LogP contribution in [0.1, 0.15) is 73.6 Å². The van der Waals surface area contributed by atoms with Gasteiger partial charge in [0.15, 0.2) is 24.6 Å². The second kappa shape index (κ2) is 10.6. The van der Waals surface area contributed by atoms with Gasteiger partial charge in [0, 0.05) is 20.8 Å². The highest BCUT2D eigenvalue weighted by molar-refractivity contribution is 5.68. The Balaban J connectivity index is 1.80. The van der Waals surface area contributed by atoms with Crippen LogP contribution < -0.4 is 0 Å². The molecule has 0 radical (unpaired) electrons. The van der Waals surface area contributed by atoms with E-state index in [4.69, 9.17) is 23.7 Å². The van der Waals surface area contributed by atoms with Crippen molar-refractivity contribution in [2.24, 2.45) is 17.3 Å². The fraction of sp³-hybridized carbons (Fsp3) is 0.808. The summed E-state index contributed by atoms with van der Waals surface area (Å²) in [7, 11) is 0. The molecule has 0 bridgehead atoms. The molecule has 1 saturated heterocycles. The summed E-state index contributed by atoms with van der Waals surface area (Å²) in [6.45, 7) is 14.1. The molecule has 3 fully saturated rings. The van der Waals surface area contributed by atoms with Crippen LogP contribution in [0.4, 0.5) is 0 Å². The standard InChI is InChI=1S/C26H40O9/c1-14-19-12-18(8-10-26(19,7)11-9-20(14)30)25(5,6)35-24-23(34-17(4)29)22(33-16(3)28)21(13-31-24)32-15(2)27/h18-24,30H,1,8-13H2,2-7H3. The van der Waals surface area contributed by atoms with Gasteiger partial charge in [0.05, 0.1) is 18.3 Å². The molecule has 0 aromatic heterocycles. The van der Waals surface area contributed by atoms with Gasteiger partial charge in [0.2, 0.25) is 0 Å². The van der Waals surface area contributed by atoms with Crippen molar-refractivity contribution in [3.63, 3.8) is 0 Å². The normalized spacial score (nSPS) is 37.7. The van der Waals surface area contributed by atoms with Crippen molar-refractivity contribution in [2.75, 3.05) is 6.61 Å². The zero-order valence-electron chi connectivity index (χ0n) is 21.7. The van der Waals surface area contributed by atoms with Crippen LogP contribution in [0.15, 0.2) is 12.2 Å². The van der Waals surface area contributed by atoms with Gasteiger partial charge in [-0.2, -0.15) is 0 Å². The predicted octanol–water partition coefficient (Wildman–Crippen LogP) is 3.07. The first-order valence-electron chi connectivity index (χ1n) is 12.4. The molecule has 198 valence electrons. The van der Waals surface area contributed by atoms with E-state index in [2.05, 4.69) is 13.5 Å². The van der Waals surface area contributed by atoms with E-state index in [9.17, 15) is 19.5 Å². The van der Waals surface area contributed by atoms with Crippen molar-refractivity contribution in [1.82, 2.24) is 0 Å². The van der Waals surface area contributed by atoms with Crippen molar-refractivity contribution in [3.8, 4) is 0 Å². The average molecular weight is 497 g/mol. The van der Waals surface area contributed by atoms with Gasteiger partial charge in [-0.1, -0.05) is 13.5 Å². The van der Waals surface area contributed by atoms with Crippen molar-refractivity contribution < 1.29 is 43.2 Å². The molecule has 9 heteroatoms. The molecule has 0 spiro atoms. The number of ether oxygens (including phenoxy) is 5. The van der Waals surface area contributed by atoms with E-state index >= 15 is 0 Å². The number of esters is 3. The highest BCUT2D eigenvalue weighted by Gasteiger charge is 2.52. The Kier molecular flexibility index (Phi) is 8.34. The van der Waals surface area contributed by atoms with Gasteiger partial charge in [-0.25, -0.2) is 0 Å². The van der Waals surface area contributed by atoms with Crippen molar-refractivity contribution in [3.05, 3.63) is 12.2 Å². The predicted molar refractivity (Wildman–Crippen MR) is 125 cm³/mol. The van der Waals surface area contributed by atoms with E-state index in [0.717, 1.165) is 37.7 Å². The Bertz CT molecular complexity index is 837. The molecule has 0 aromatic rings. The molecule has 9 nitrogen and oxygen atoms in total. The van der Waals surface area contributed by atoms with Gasteiger partial charge in [-0.05, 0) is 68.8 Å². The lowest BCUT2D eigenvalue weighted by Gasteiger charge is -2.53. The fourth-order valence-electron chi connectivity index (χ4n) is 5.98. The van der Waals surface area contributed by atoms with Crippen LogP contribution in [-0.2, 0) is 38.1 Å². The van der Waals surface area contributed by atoms with Crippen molar-refractivity contribution >= 4 is 17.9 Å². The lowest BCUT2D eigenvalue weighted by molar-refractivity contribution is -0.311. The van der Waals surface area contributed by atoms with Crippen molar-refractivity contribution in [1.29, 1.82) is 0 Å². The first-order valence-corrected chi connectivity index (χ1v) is 12.4. The van der Waals surface area contributed by atoms with Gasteiger partial charge < -0.3 is 28.8 Å². The number of fused-ring (bicyclic) bond motifs is 1. The number of aliphatic hydroxyl groups is 1. The Hall–Kier alpha value is -1.97. The summed E-state index contributed by atoms with van der Waals surface area (Å²) in [4.78, 5) is 35.3. The average Bonchev–Trinajstić information content (AvgIpc) is 2.74. The molecule has 8 unspecified atom stereocenters. The maximum absolute atomic E-state index is 11.9. The summed E-state index contributed by atoms with van der Waals surface area (Å²) < 4.78 is 28.5. The van der Waals surface area contributed by atoms with E-state index in [1.165, 1.54) is 20.8 Å². The molecule has 8 atom stereocenters. The van der Waals surface area contributed by atoms with Gasteiger partial charge in [-0.3, -0.25) is 14.4 Å². The Morgan fingerprint density at radius 1 is 1.00 bits per heavy atom. The topological polar surface area (TPSA) is 118 Å². The van der Waals surface area contributed by atoms with Gasteiger partial charge in [0.25, 0.3) is 0 Å². The van der Waals surface area contributed by atoms with Crippen LogP contribution >= 0.6 is 0 Å². The minimum Gasteiger partial charge on any atom is -0.456 e. The molecule has 0 amide bonds. The molecule has 2 saturated carbocycles. The third-order valence-electron chi connectivity index (χ3n) is 8.00. The molecule has 1 heterocycles. The fourth-order valence-corrected chi connectivity index (χ4v) is 5.98. The van der Waals surface area contributed by atoms with Crippen LogP contribution in [0.25, 0.3) is 0 Å². The Labute approximate surface area is 207 Å². The summed E-state index contributed by atoms with van der Waals surface area (Å²) >= 11 is 0. The molecule has 2 aliphatic carbocycles. The minimum absolute atomic E-state index is 0.0790. The van der Waals surface area contributed by atoms with E-state index in [0.29, 0.717) is 0 Å². The highest BCUT2D eigenvalue weighted by Crippen LogP contribution is 2.55. The quantitative estimate of drug-likeness (QED) is 0.336. The van der Waals surface area contributed by atoms with Crippen LogP contribution in [0.5, 0.6) is 0 Å². The van der Waals surface area contributed by atoms with Crippen LogP contribution in [-0.4, -0.2) is 65.9 Å². The van der Waals surface area contributed by atoms with Gasteiger partial charge in [-0.15, -0.1) is 0 Å². The molecule has 0 aromatic carbocycles. The summed E-state index contributed by atoms with van der Waals surface area (Å²) in [6, 6.07) is 0. The summed E-state index contributed by atoms with van der Waals surface area (Å²) in [5.41, 5.74) is 0.315. The molecule has 3 aliphatic rings. The van der Waals surface area contributed by atoms with E-state index < -0.39 is 54.2 Å². The molecule has 1 aliphatic heterocycles. The number of hydrogen-bond acceptors (Lipinski definition) is 9. The van der Waals surface area contributed by atoms with Crippen LogP contribution in [0.2, 0.25) is 0 Å². The third kappa shape index (κ3) is 6.24. The lowest BCUT2D eigenvalue weighted by Crippen LogP contribution is -2.60. The number of carbonyl (C=O) groups is 3. The summed E-state index contributed by atoms with van der Waals surface area (Å²) in [6.07, 6.45) is -0.189. The molecular weight excluding hydrogens is 456 g/mol. The highest BCUT2D eigenvalue weighted by atomic mass is 16.7. The summed E-state index contributed by atoms with van der Waals surface area (Å²) in [5, 5.41) is 10.4. The Morgan fingerprint density at radius 3 is 2.17 bits per heavy atom. The van der Waals surface area contributed by atoms with Crippen molar-refractivity contribution in [2.45, 2.75) is 110 Å². The minimum atomic E-state index is -1.12. The van der Waals surface area contributed by atoms with Crippen LogP contribution in [0, 0.1) is 17.3 Å². The molecular formula is C26H40O9. The largest absolute Gasteiger partial charge is 0.456 e. The number of rotatable bonds is 6. The maximum Gasteiger partial charge on any atom is 0.303 e. The van der Waals surface area contributed by atoms with E-state index in [1.807, 2.05) is 13.8 Å². The first-order chi connectivity index (χ1) is 16.2. The summed E-state index contributed by atoms with van der Waals surface area (Å²) in [5.74, 6) is -1.47. The monoisotopic (exact) mass is 496 g/mol. The molecule has 3 rings (SSSR count). The lowest BCUT2D eigenvalue weighted by atomic mass is 9.55. The molecule has 35 heavy (non-hydrogen) atoms. The zero-order valence-corrected chi connectivity index (χ0v) is 21.7. The number of carbonyl (C=O) groups excluding carboxylic acids is 3. The second-order valence-electron chi connectivity index (χ2n) is 11.0. The van der Waals surface area contributed by atoms with Gasteiger partial charge in [0.1, 0.15) is 0 Å². The maximum atomic E-state index is 11.9. The van der Waals surface area contributed by atoms with E-state index in [1.54, 1.807) is 0 Å². The third-order valence-corrected chi connectivity index (χ3v) is 8.00. The smallest absolute Gasteiger partial charge is 0.303 e. The Morgan fingerprint density at radius 2 is 1.57 bits per heavy atom.